The molecule has 1 aliphatic heterocycles. The van der Waals surface area contributed by atoms with E-state index in [9.17, 15) is 0 Å². The Labute approximate surface area is 117 Å². The van der Waals surface area contributed by atoms with Gasteiger partial charge in [-0.3, -0.25) is 0 Å². The quantitative estimate of drug-likeness (QED) is 0.906. The van der Waals surface area contributed by atoms with Crippen LogP contribution in [0, 0.1) is 6.92 Å². The second-order valence-electron chi connectivity index (χ2n) is 5.87. The molecule has 3 nitrogen and oxygen atoms in total. The van der Waals surface area contributed by atoms with Gasteiger partial charge in [-0.25, -0.2) is 0 Å². The first-order chi connectivity index (χ1) is 9.11. The fraction of sp³-hybridized carbons (Fsp3) is 0.625. The molecule has 0 amide bonds. The van der Waals surface area contributed by atoms with Gasteiger partial charge in [-0.15, -0.1) is 0 Å². The van der Waals surface area contributed by atoms with Gasteiger partial charge in [0, 0.05) is 24.3 Å². The van der Waals surface area contributed by atoms with E-state index in [0.29, 0.717) is 12.1 Å². The van der Waals surface area contributed by atoms with Crippen LogP contribution in [0.25, 0.3) is 0 Å². The summed E-state index contributed by atoms with van der Waals surface area (Å²) in [6.07, 6.45) is 2.27. The first-order valence-corrected chi connectivity index (χ1v) is 7.35. The van der Waals surface area contributed by atoms with Crippen LogP contribution in [-0.4, -0.2) is 43.7 Å². The highest BCUT2D eigenvalue weighted by Crippen LogP contribution is 2.26. The number of likely N-dealkylation sites (N-methyl/N-ethyl adjacent to an activating group) is 1. The highest BCUT2D eigenvalue weighted by atomic mass is 15.3. The van der Waals surface area contributed by atoms with Crippen molar-refractivity contribution in [1.29, 1.82) is 0 Å². The summed E-state index contributed by atoms with van der Waals surface area (Å²) in [5, 5.41) is 0. The Bertz CT molecular complexity index is 387. The molecule has 0 saturated carbocycles. The number of aryl methyl sites for hydroxylation is 1. The lowest BCUT2D eigenvalue weighted by molar-refractivity contribution is 0.326. The highest BCUT2D eigenvalue weighted by Gasteiger charge is 2.27. The van der Waals surface area contributed by atoms with Gasteiger partial charge in [0.05, 0.1) is 0 Å². The number of hydrogen-bond acceptors (Lipinski definition) is 3. The molecule has 1 aliphatic rings. The van der Waals surface area contributed by atoms with Gasteiger partial charge in [0.25, 0.3) is 0 Å². The van der Waals surface area contributed by atoms with Gasteiger partial charge in [0.2, 0.25) is 0 Å². The number of hydrogen-bond donors (Lipinski definition) is 1. The first kappa shape index (κ1) is 14.4. The minimum atomic E-state index is 0.523. The minimum Gasteiger partial charge on any atom is -0.364 e. The van der Waals surface area contributed by atoms with E-state index in [-0.39, 0.29) is 0 Å². The molecular weight excluding hydrogens is 234 g/mol. The maximum Gasteiger partial charge on any atom is 0.0431 e. The lowest BCUT2D eigenvalue weighted by Crippen LogP contribution is -2.45. The highest BCUT2D eigenvalue weighted by molar-refractivity contribution is 5.49. The van der Waals surface area contributed by atoms with Gasteiger partial charge in [-0.2, -0.15) is 0 Å². The Morgan fingerprint density at radius 3 is 2.58 bits per heavy atom. The second kappa shape index (κ2) is 6.40. The normalized spacial score (nSPS) is 25.4. The average Bonchev–Trinajstić information content (AvgIpc) is 2.51. The molecular formula is C16H27N3. The van der Waals surface area contributed by atoms with Crippen LogP contribution in [-0.2, 0) is 0 Å². The third kappa shape index (κ3) is 3.48. The maximum atomic E-state index is 5.82. The molecule has 3 heteroatoms. The Kier molecular flexibility index (Phi) is 4.83. The zero-order valence-corrected chi connectivity index (χ0v) is 12.5. The van der Waals surface area contributed by atoms with Gasteiger partial charge in [0.1, 0.15) is 0 Å². The van der Waals surface area contributed by atoms with Gasteiger partial charge < -0.3 is 15.5 Å². The molecule has 1 heterocycles. The largest absolute Gasteiger partial charge is 0.364 e. The van der Waals surface area contributed by atoms with Crippen molar-refractivity contribution in [2.24, 2.45) is 5.73 Å². The lowest BCUT2D eigenvalue weighted by atomic mass is 10.1. The predicted molar refractivity (Wildman–Crippen MR) is 82.7 cm³/mol. The van der Waals surface area contributed by atoms with Crippen LogP contribution in [0.5, 0.6) is 0 Å². The number of anilines is 1. The van der Waals surface area contributed by atoms with Crippen LogP contribution in [0.1, 0.15) is 25.3 Å². The Hall–Kier alpha value is -1.06. The van der Waals surface area contributed by atoms with Crippen molar-refractivity contribution >= 4 is 5.69 Å². The number of nitrogens with two attached hydrogens (primary N) is 1. The molecule has 1 fully saturated rings. The molecule has 1 aromatic rings. The Balaban J connectivity index is 2.27. The summed E-state index contributed by atoms with van der Waals surface area (Å²) in [6, 6.07) is 10.0. The molecule has 1 aromatic carbocycles. The summed E-state index contributed by atoms with van der Waals surface area (Å²) < 4.78 is 0. The molecule has 0 spiro atoms. The molecule has 1 saturated heterocycles. The SMILES string of the molecule is Cc1ccc(N2C(C)CCN(C)CC2CCN)cc1. The fourth-order valence-electron chi connectivity index (χ4n) is 3.05. The summed E-state index contributed by atoms with van der Waals surface area (Å²) in [5.41, 5.74) is 8.48. The number of nitrogens with zero attached hydrogens (tertiary/aromatic N) is 2. The lowest BCUT2D eigenvalue weighted by Gasteiger charge is -2.37. The van der Waals surface area contributed by atoms with Crippen LogP contribution in [0.4, 0.5) is 5.69 Å². The van der Waals surface area contributed by atoms with Gasteiger partial charge >= 0.3 is 0 Å². The molecule has 2 atom stereocenters. The van der Waals surface area contributed by atoms with E-state index in [1.54, 1.807) is 0 Å². The van der Waals surface area contributed by atoms with E-state index in [4.69, 9.17) is 5.73 Å². The molecule has 2 unspecified atom stereocenters. The smallest absolute Gasteiger partial charge is 0.0431 e. The predicted octanol–water partition coefficient (Wildman–Crippen LogP) is 2.24. The van der Waals surface area contributed by atoms with Crippen molar-refractivity contribution in [2.75, 3.05) is 31.6 Å². The van der Waals surface area contributed by atoms with Crippen molar-refractivity contribution in [2.45, 2.75) is 38.8 Å². The standard InChI is InChI=1S/C16H27N3/c1-13-4-6-15(7-5-13)19-14(2)9-11-18(3)12-16(19)8-10-17/h4-7,14,16H,8-12,17H2,1-3H3. The zero-order valence-electron chi connectivity index (χ0n) is 12.5. The molecule has 106 valence electrons. The van der Waals surface area contributed by atoms with Gasteiger partial charge in [-0.1, -0.05) is 17.7 Å². The van der Waals surface area contributed by atoms with Crippen molar-refractivity contribution in [3.8, 4) is 0 Å². The van der Waals surface area contributed by atoms with Crippen LogP contribution in [0.15, 0.2) is 24.3 Å². The van der Waals surface area contributed by atoms with E-state index in [1.165, 1.54) is 24.2 Å². The van der Waals surface area contributed by atoms with Crippen molar-refractivity contribution in [3.05, 3.63) is 29.8 Å². The summed E-state index contributed by atoms with van der Waals surface area (Å²) in [7, 11) is 2.22. The number of benzene rings is 1. The summed E-state index contributed by atoms with van der Waals surface area (Å²) in [4.78, 5) is 5.01. The molecule has 2 N–H and O–H groups in total. The maximum absolute atomic E-state index is 5.82. The van der Waals surface area contributed by atoms with E-state index in [1.807, 2.05) is 0 Å². The third-order valence-corrected chi connectivity index (χ3v) is 4.15. The van der Waals surface area contributed by atoms with E-state index in [0.717, 1.165) is 19.5 Å². The summed E-state index contributed by atoms with van der Waals surface area (Å²) >= 11 is 0. The zero-order chi connectivity index (χ0) is 13.8. The average molecular weight is 261 g/mol. The van der Waals surface area contributed by atoms with Crippen LogP contribution in [0.3, 0.4) is 0 Å². The summed E-state index contributed by atoms with van der Waals surface area (Å²) in [5.74, 6) is 0. The minimum absolute atomic E-state index is 0.523. The number of rotatable bonds is 3. The van der Waals surface area contributed by atoms with E-state index < -0.39 is 0 Å². The monoisotopic (exact) mass is 261 g/mol. The molecule has 0 aliphatic carbocycles. The first-order valence-electron chi connectivity index (χ1n) is 7.35. The molecule has 2 rings (SSSR count). The van der Waals surface area contributed by atoms with Crippen molar-refractivity contribution < 1.29 is 0 Å². The second-order valence-corrected chi connectivity index (χ2v) is 5.87. The Morgan fingerprint density at radius 1 is 1.26 bits per heavy atom. The Morgan fingerprint density at radius 2 is 1.95 bits per heavy atom. The van der Waals surface area contributed by atoms with Crippen molar-refractivity contribution in [3.63, 3.8) is 0 Å². The van der Waals surface area contributed by atoms with E-state index in [2.05, 4.69) is 55.0 Å². The molecule has 0 radical (unpaired) electrons. The molecule has 19 heavy (non-hydrogen) atoms. The third-order valence-electron chi connectivity index (χ3n) is 4.15. The molecule has 0 aromatic heterocycles. The fourth-order valence-corrected chi connectivity index (χ4v) is 3.05. The van der Waals surface area contributed by atoms with Crippen molar-refractivity contribution in [1.82, 2.24) is 4.90 Å². The summed E-state index contributed by atoms with van der Waals surface area (Å²) in [6.45, 7) is 7.51. The van der Waals surface area contributed by atoms with Crippen LogP contribution < -0.4 is 10.6 Å². The van der Waals surface area contributed by atoms with Gasteiger partial charge in [-0.05, 0) is 59.0 Å². The van der Waals surface area contributed by atoms with E-state index >= 15 is 0 Å². The van der Waals surface area contributed by atoms with Crippen LogP contribution in [0.2, 0.25) is 0 Å². The topological polar surface area (TPSA) is 32.5 Å². The van der Waals surface area contributed by atoms with Gasteiger partial charge in [0.15, 0.2) is 0 Å². The molecule has 0 bridgehead atoms. The van der Waals surface area contributed by atoms with Crippen LogP contribution >= 0.6 is 0 Å².